The molecule has 2 aliphatic rings. The molecule has 5 amide bonds. The second-order valence-electron chi connectivity index (χ2n) is 7.36. The summed E-state index contributed by atoms with van der Waals surface area (Å²) in [5, 5.41) is 3.71. The van der Waals surface area contributed by atoms with Gasteiger partial charge >= 0.3 is 6.03 Å². The molecule has 1 aromatic heterocycles. The lowest BCUT2D eigenvalue weighted by Crippen LogP contribution is -2.41. The molecular weight excluding hydrogens is 384 g/mol. The maximum absolute atomic E-state index is 12.8. The average molecular weight is 402 g/mol. The highest BCUT2D eigenvalue weighted by Gasteiger charge is 2.40. The van der Waals surface area contributed by atoms with E-state index in [2.05, 4.69) is 10.3 Å². The van der Waals surface area contributed by atoms with E-state index < -0.39 is 23.9 Å². The number of imide groups is 2. The highest BCUT2D eigenvalue weighted by Crippen LogP contribution is 2.23. The van der Waals surface area contributed by atoms with Crippen molar-refractivity contribution in [3.05, 3.63) is 71.4 Å². The van der Waals surface area contributed by atoms with Gasteiger partial charge in [0, 0.05) is 36.6 Å². The topological polar surface area (TPSA) is 103 Å². The molecule has 3 heterocycles. The summed E-state index contributed by atoms with van der Waals surface area (Å²) in [6.45, 7) is -0.0775. The van der Waals surface area contributed by atoms with Crippen molar-refractivity contribution < 1.29 is 19.2 Å². The predicted octanol–water partition coefficient (Wildman–Crippen LogP) is 1.93. The van der Waals surface area contributed by atoms with E-state index in [4.69, 9.17) is 0 Å². The Bertz CT molecular complexity index is 1180. The van der Waals surface area contributed by atoms with E-state index >= 15 is 0 Å². The van der Waals surface area contributed by atoms with Gasteiger partial charge in [-0.25, -0.2) is 4.79 Å². The van der Waals surface area contributed by atoms with Crippen LogP contribution in [0.3, 0.4) is 0 Å². The number of hydrogen-bond donors (Lipinski definition) is 2. The average Bonchev–Trinajstić information content (AvgIpc) is 3.36. The number of para-hydroxylation sites is 1. The molecule has 2 aliphatic heterocycles. The molecule has 0 radical (unpaired) electrons. The Morgan fingerprint density at radius 3 is 2.17 bits per heavy atom. The Kier molecular flexibility index (Phi) is 4.13. The molecule has 0 spiro atoms. The minimum atomic E-state index is -0.682. The standard InChI is InChI=1S/C22H18N4O4/c27-19-15-6-1-2-7-16(15)20(28)25(19)9-10-26-21(29)18(24-22(26)30)11-13-12-23-17-8-4-3-5-14(13)17/h1-8,12,18,23H,9-11H2,(H,24,30)/t18-/m1/s1. The number of aromatic amines is 1. The Hall–Kier alpha value is -3.94. The highest BCUT2D eigenvalue weighted by molar-refractivity contribution is 6.21. The van der Waals surface area contributed by atoms with Crippen LogP contribution in [0.2, 0.25) is 0 Å². The van der Waals surface area contributed by atoms with E-state index in [0.717, 1.165) is 26.3 Å². The molecule has 0 saturated carbocycles. The molecule has 5 rings (SSSR count). The van der Waals surface area contributed by atoms with E-state index in [9.17, 15) is 19.2 Å². The molecule has 0 aliphatic carbocycles. The summed E-state index contributed by atoms with van der Waals surface area (Å²) in [6, 6.07) is 13.1. The summed E-state index contributed by atoms with van der Waals surface area (Å²) in [5.74, 6) is -1.17. The van der Waals surface area contributed by atoms with Gasteiger partial charge in [0.05, 0.1) is 11.1 Å². The van der Waals surface area contributed by atoms with Crippen LogP contribution in [-0.2, 0) is 11.2 Å². The first-order chi connectivity index (χ1) is 14.5. The fourth-order valence-electron chi connectivity index (χ4n) is 4.09. The molecular formula is C22H18N4O4. The molecule has 1 fully saturated rings. The number of nitrogens with one attached hydrogen (secondary N) is 2. The SMILES string of the molecule is O=C1N[C@H](Cc2c[nH]c3ccccc23)C(=O)N1CCN1C(=O)c2ccccc2C1=O. The van der Waals surface area contributed by atoms with Gasteiger partial charge in [0.25, 0.3) is 17.7 Å². The minimum Gasteiger partial charge on any atom is -0.361 e. The van der Waals surface area contributed by atoms with Gasteiger partial charge in [0.2, 0.25) is 0 Å². The first-order valence-corrected chi connectivity index (χ1v) is 9.66. The number of amides is 5. The summed E-state index contributed by atoms with van der Waals surface area (Å²) in [5.41, 5.74) is 2.59. The zero-order valence-electron chi connectivity index (χ0n) is 15.9. The number of nitrogens with zero attached hydrogens (tertiary/aromatic N) is 2. The number of urea groups is 1. The number of aromatic nitrogens is 1. The predicted molar refractivity (Wildman–Crippen MR) is 108 cm³/mol. The normalized spacial score (nSPS) is 18.5. The summed E-state index contributed by atoms with van der Waals surface area (Å²) >= 11 is 0. The van der Waals surface area contributed by atoms with Crippen molar-refractivity contribution in [2.24, 2.45) is 0 Å². The molecule has 0 unspecified atom stereocenters. The third-order valence-corrected chi connectivity index (χ3v) is 5.63. The van der Waals surface area contributed by atoms with Crippen LogP contribution in [0.1, 0.15) is 26.3 Å². The largest absolute Gasteiger partial charge is 0.361 e. The molecule has 2 N–H and O–H groups in total. The Morgan fingerprint density at radius 2 is 1.43 bits per heavy atom. The number of carbonyl (C=O) groups is 4. The summed E-state index contributed by atoms with van der Waals surface area (Å²) < 4.78 is 0. The molecule has 8 nitrogen and oxygen atoms in total. The van der Waals surface area contributed by atoms with Crippen LogP contribution < -0.4 is 5.32 Å². The van der Waals surface area contributed by atoms with Gasteiger partial charge in [0.1, 0.15) is 6.04 Å². The van der Waals surface area contributed by atoms with Crippen LogP contribution in [0.5, 0.6) is 0 Å². The van der Waals surface area contributed by atoms with E-state index in [0.29, 0.717) is 17.5 Å². The van der Waals surface area contributed by atoms with Gasteiger partial charge in [-0.2, -0.15) is 0 Å². The number of hydrogen-bond acceptors (Lipinski definition) is 4. The van der Waals surface area contributed by atoms with E-state index in [1.807, 2.05) is 30.5 Å². The van der Waals surface area contributed by atoms with E-state index in [1.54, 1.807) is 24.3 Å². The molecule has 2 aromatic carbocycles. The maximum Gasteiger partial charge on any atom is 0.324 e. The third-order valence-electron chi connectivity index (χ3n) is 5.63. The van der Waals surface area contributed by atoms with Gasteiger partial charge in [-0.05, 0) is 23.8 Å². The quantitative estimate of drug-likeness (QED) is 0.503. The molecule has 1 saturated heterocycles. The smallest absolute Gasteiger partial charge is 0.324 e. The Labute approximate surface area is 171 Å². The monoisotopic (exact) mass is 402 g/mol. The van der Waals surface area contributed by atoms with Gasteiger partial charge in [0.15, 0.2) is 0 Å². The van der Waals surface area contributed by atoms with Crippen LogP contribution in [0.15, 0.2) is 54.7 Å². The zero-order chi connectivity index (χ0) is 20.8. The van der Waals surface area contributed by atoms with Crippen molar-refractivity contribution in [2.45, 2.75) is 12.5 Å². The number of rotatable bonds is 5. The molecule has 3 aromatic rings. The maximum atomic E-state index is 12.8. The first kappa shape index (κ1) is 18.1. The molecule has 8 heteroatoms. The first-order valence-electron chi connectivity index (χ1n) is 9.66. The molecule has 1 atom stereocenters. The van der Waals surface area contributed by atoms with Crippen molar-refractivity contribution in [1.82, 2.24) is 20.1 Å². The summed E-state index contributed by atoms with van der Waals surface area (Å²) in [6.07, 6.45) is 2.20. The zero-order valence-corrected chi connectivity index (χ0v) is 15.9. The Balaban J connectivity index is 1.27. The molecule has 0 bridgehead atoms. The second kappa shape index (κ2) is 6.84. The van der Waals surface area contributed by atoms with Crippen LogP contribution in [0, 0.1) is 0 Å². The second-order valence-corrected chi connectivity index (χ2v) is 7.36. The van der Waals surface area contributed by atoms with Crippen LogP contribution >= 0.6 is 0 Å². The van der Waals surface area contributed by atoms with Crippen molar-refractivity contribution >= 4 is 34.7 Å². The number of benzene rings is 2. The fraction of sp³-hybridized carbons (Fsp3) is 0.182. The highest BCUT2D eigenvalue weighted by atomic mass is 16.2. The fourth-order valence-corrected chi connectivity index (χ4v) is 4.09. The van der Waals surface area contributed by atoms with Gasteiger partial charge < -0.3 is 10.3 Å². The number of carbonyl (C=O) groups excluding carboxylic acids is 4. The van der Waals surface area contributed by atoms with Crippen LogP contribution in [0.25, 0.3) is 10.9 Å². The van der Waals surface area contributed by atoms with Crippen LogP contribution in [-0.4, -0.2) is 57.7 Å². The van der Waals surface area contributed by atoms with Crippen molar-refractivity contribution in [1.29, 1.82) is 0 Å². The Morgan fingerprint density at radius 1 is 0.800 bits per heavy atom. The van der Waals surface area contributed by atoms with E-state index in [1.165, 1.54) is 0 Å². The van der Waals surface area contributed by atoms with Gasteiger partial charge in [-0.1, -0.05) is 30.3 Å². The van der Waals surface area contributed by atoms with Crippen molar-refractivity contribution in [2.75, 3.05) is 13.1 Å². The molecule has 150 valence electrons. The summed E-state index contributed by atoms with van der Waals surface area (Å²) in [7, 11) is 0. The number of H-pyrrole nitrogens is 1. The van der Waals surface area contributed by atoms with Crippen LogP contribution in [0.4, 0.5) is 4.79 Å². The minimum absolute atomic E-state index is 0.0364. The summed E-state index contributed by atoms with van der Waals surface area (Å²) in [4.78, 5) is 55.4. The van der Waals surface area contributed by atoms with Crippen molar-refractivity contribution in [3.8, 4) is 0 Å². The lowest BCUT2D eigenvalue weighted by molar-refractivity contribution is -0.127. The third kappa shape index (κ3) is 2.76. The van der Waals surface area contributed by atoms with Gasteiger partial charge in [-0.15, -0.1) is 0 Å². The van der Waals surface area contributed by atoms with Gasteiger partial charge in [-0.3, -0.25) is 24.2 Å². The lowest BCUT2D eigenvalue weighted by Gasteiger charge is -2.18. The van der Waals surface area contributed by atoms with E-state index in [-0.39, 0.29) is 19.0 Å². The lowest BCUT2D eigenvalue weighted by atomic mass is 10.1. The van der Waals surface area contributed by atoms with Crippen molar-refractivity contribution in [3.63, 3.8) is 0 Å². The number of fused-ring (bicyclic) bond motifs is 2. The molecule has 30 heavy (non-hydrogen) atoms.